The summed E-state index contributed by atoms with van der Waals surface area (Å²) in [4.78, 5) is 11.4. The Morgan fingerprint density at radius 3 is 2.57 bits per heavy atom. The first-order valence-electron chi connectivity index (χ1n) is 6.36. The quantitative estimate of drug-likeness (QED) is 0.887. The van der Waals surface area contributed by atoms with Gasteiger partial charge >= 0.3 is 5.97 Å². The van der Waals surface area contributed by atoms with Crippen LogP contribution < -0.4 is 4.74 Å². The number of aliphatic carboxylic acids is 1. The summed E-state index contributed by atoms with van der Waals surface area (Å²) in [6.45, 7) is 1.88. The van der Waals surface area contributed by atoms with Crippen LogP contribution in [0.4, 0.5) is 0 Å². The SMILES string of the molecule is Cc1cc(Cl)ccc1CC(Oc1ccccc1Cl)C(=O)O. The van der Waals surface area contributed by atoms with Gasteiger partial charge in [0, 0.05) is 11.4 Å². The fraction of sp³-hybridized carbons (Fsp3) is 0.188. The highest BCUT2D eigenvalue weighted by Gasteiger charge is 2.22. The standard InChI is InChI=1S/C16H14Cl2O3/c1-10-8-12(17)7-6-11(10)9-15(16(19)20)21-14-5-3-2-4-13(14)18/h2-8,15H,9H2,1H3,(H,19,20). The van der Waals surface area contributed by atoms with E-state index in [0.717, 1.165) is 11.1 Å². The molecule has 21 heavy (non-hydrogen) atoms. The Kier molecular flexibility index (Phi) is 5.10. The molecule has 0 bridgehead atoms. The van der Waals surface area contributed by atoms with Crippen molar-refractivity contribution in [1.82, 2.24) is 0 Å². The van der Waals surface area contributed by atoms with E-state index >= 15 is 0 Å². The van der Waals surface area contributed by atoms with E-state index in [9.17, 15) is 9.90 Å². The highest BCUT2D eigenvalue weighted by molar-refractivity contribution is 6.32. The van der Waals surface area contributed by atoms with Crippen LogP contribution in [0, 0.1) is 6.92 Å². The number of para-hydroxylation sites is 1. The Balaban J connectivity index is 2.20. The van der Waals surface area contributed by atoms with Crippen molar-refractivity contribution in [3.05, 3.63) is 63.6 Å². The molecule has 0 aromatic heterocycles. The number of aryl methyl sites for hydroxylation is 1. The second kappa shape index (κ2) is 6.83. The van der Waals surface area contributed by atoms with E-state index in [2.05, 4.69) is 0 Å². The molecule has 0 fully saturated rings. The third kappa shape index (κ3) is 4.13. The maximum atomic E-state index is 11.4. The lowest BCUT2D eigenvalue weighted by Gasteiger charge is -2.17. The van der Waals surface area contributed by atoms with Gasteiger partial charge in [0.15, 0.2) is 6.10 Å². The Labute approximate surface area is 133 Å². The van der Waals surface area contributed by atoms with Gasteiger partial charge in [0.25, 0.3) is 0 Å². The van der Waals surface area contributed by atoms with Gasteiger partial charge in [-0.15, -0.1) is 0 Å². The molecule has 2 aromatic rings. The molecule has 1 unspecified atom stereocenters. The molecule has 110 valence electrons. The van der Waals surface area contributed by atoms with Crippen LogP contribution in [0.5, 0.6) is 5.75 Å². The van der Waals surface area contributed by atoms with E-state index in [4.69, 9.17) is 27.9 Å². The van der Waals surface area contributed by atoms with Gasteiger partial charge in [-0.3, -0.25) is 0 Å². The number of ether oxygens (including phenoxy) is 1. The molecule has 0 spiro atoms. The zero-order chi connectivity index (χ0) is 15.4. The van der Waals surface area contributed by atoms with E-state index < -0.39 is 12.1 Å². The molecular formula is C16H14Cl2O3. The second-order valence-electron chi connectivity index (χ2n) is 4.65. The number of carboxylic acids is 1. The van der Waals surface area contributed by atoms with Gasteiger partial charge in [-0.05, 0) is 42.3 Å². The first-order valence-corrected chi connectivity index (χ1v) is 7.12. The summed E-state index contributed by atoms with van der Waals surface area (Å²) in [7, 11) is 0. The lowest BCUT2D eigenvalue weighted by molar-refractivity contribution is -0.145. The van der Waals surface area contributed by atoms with Crippen LogP contribution in [-0.4, -0.2) is 17.2 Å². The summed E-state index contributed by atoms with van der Waals surface area (Å²) >= 11 is 11.9. The molecule has 0 aliphatic carbocycles. The third-order valence-corrected chi connectivity index (χ3v) is 3.64. The van der Waals surface area contributed by atoms with Crippen molar-refractivity contribution in [1.29, 1.82) is 0 Å². The Bertz CT molecular complexity index is 656. The van der Waals surface area contributed by atoms with Crippen molar-refractivity contribution >= 4 is 29.2 Å². The molecular weight excluding hydrogens is 311 g/mol. The predicted octanol–water partition coefficient (Wildman–Crippen LogP) is 4.38. The number of carbonyl (C=O) groups is 1. The first-order chi connectivity index (χ1) is 9.97. The summed E-state index contributed by atoms with van der Waals surface area (Å²) < 4.78 is 5.53. The number of hydrogen-bond donors (Lipinski definition) is 1. The smallest absolute Gasteiger partial charge is 0.345 e. The summed E-state index contributed by atoms with van der Waals surface area (Å²) in [5.74, 6) is -0.678. The number of rotatable bonds is 5. The summed E-state index contributed by atoms with van der Waals surface area (Å²) in [6, 6.07) is 12.1. The maximum Gasteiger partial charge on any atom is 0.345 e. The molecule has 2 aromatic carbocycles. The lowest BCUT2D eigenvalue weighted by Crippen LogP contribution is -2.29. The topological polar surface area (TPSA) is 46.5 Å². The van der Waals surface area contributed by atoms with Gasteiger partial charge in [-0.1, -0.05) is 41.4 Å². The minimum atomic E-state index is -1.04. The molecule has 2 rings (SSSR count). The summed E-state index contributed by atoms with van der Waals surface area (Å²) in [5.41, 5.74) is 1.80. The average molecular weight is 325 g/mol. The van der Waals surface area contributed by atoms with Crippen LogP contribution in [0.25, 0.3) is 0 Å². The lowest BCUT2D eigenvalue weighted by atomic mass is 10.0. The van der Waals surface area contributed by atoms with Crippen molar-refractivity contribution in [3.8, 4) is 5.75 Å². The molecule has 1 N–H and O–H groups in total. The highest BCUT2D eigenvalue weighted by atomic mass is 35.5. The average Bonchev–Trinajstić information content (AvgIpc) is 2.42. The van der Waals surface area contributed by atoms with Crippen LogP contribution >= 0.6 is 23.2 Å². The largest absolute Gasteiger partial charge is 0.478 e. The van der Waals surface area contributed by atoms with E-state index in [1.54, 1.807) is 36.4 Å². The molecule has 1 atom stereocenters. The Morgan fingerprint density at radius 1 is 1.24 bits per heavy atom. The van der Waals surface area contributed by atoms with E-state index in [1.807, 2.05) is 13.0 Å². The second-order valence-corrected chi connectivity index (χ2v) is 5.49. The first kappa shape index (κ1) is 15.7. The zero-order valence-corrected chi connectivity index (χ0v) is 12.9. The van der Waals surface area contributed by atoms with E-state index in [1.165, 1.54) is 0 Å². The van der Waals surface area contributed by atoms with Gasteiger partial charge in [0.1, 0.15) is 5.75 Å². The van der Waals surface area contributed by atoms with Gasteiger partial charge in [0.05, 0.1) is 5.02 Å². The van der Waals surface area contributed by atoms with Crippen molar-refractivity contribution in [2.75, 3.05) is 0 Å². The molecule has 5 heteroatoms. The van der Waals surface area contributed by atoms with Crippen molar-refractivity contribution < 1.29 is 14.6 Å². The van der Waals surface area contributed by atoms with Gasteiger partial charge in [-0.25, -0.2) is 4.79 Å². The van der Waals surface area contributed by atoms with E-state index in [0.29, 0.717) is 15.8 Å². The predicted molar refractivity (Wildman–Crippen MR) is 83.4 cm³/mol. The van der Waals surface area contributed by atoms with E-state index in [-0.39, 0.29) is 6.42 Å². The molecule has 0 amide bonds. The van der Waals surface area contributed by atoms with Crippen LogP contribution in [0.1, 0.15) is 11.1 Å². The van der Waals surface area contributed by atoms with Crippen molar-refractivity contribution in [3.63, 3.8) is 0 Å². The van der Waals surface area contributed by atoms with Crippen molar-refractivity contribution in [2.45, 2.75) is 19.4 Å². The van der Waals surface area contributed by atoms with Gasteiger partial charge in [-0.2, -0.15) is 0 Å². The Morgan fingerprint density at radius 2 is 1.95 bits per heavy atom. The Hall–Kier alpha value is -1.71. The van der Waals surface area contributed by atoms with Crippen LogP contribution in [-0.2, 0) is 11.2 Å². The number of hydrogen-bond acceptors (Lipinski definition) is 2. The fourth-order valence-corrected chi connectivity index (χ4v) is 2.37. The zero-order valence-electron chi connectivity index (χ0n) is 11.3. The fourth-order valence-electron chi connectivity index (χ4n) is 1.96. The van der Waals surface area contributed by atoms with Gasteiger partial charge in [0.2, 0.25) is 0 Å². The molecule has 0 aliphatic heterocycles. The van der Waals surface area contributed by atoms with Crippen LogP contribution in [0.3, 0.4) is 0 Å². The molecule has 3 nitrogen and oxygen atoms in total. The molecule has 0 saturated carbocycles. The highest BCUT2D eigenvalue weighted by Crippen LogP contribution is 2.25. The number of benzene rings is 2. The van der Waals surface area contributed by atoms with Crippen molar-refractivity contribution in [2.24, 2.45) is 0 Å². The molecule has 0 heterocycles. The van der Waals surface area contributed by atoms with Crippen LogP contribution in [0.15, 0.2) is 42.5 Å². The normalized spacial score (nSPS) is 12.0. The number of halogens is 2. The molecule has 0 radical (unpaired) electrons. The number of carboxylic acid groups (broad SMARTS) is 1. The summed E-state index contributed by atoms with van der Waals surface area (Å²) in [5, 5.41) is 10.3. The minimum absolute atomic E-state index is 0.240. The van der Waals surface area contributed by atoms with Gasteiger partial charge < -0.3 is 9.84 Å². The maximum absolute atomic E-state index is 11.4. The minimum Gasteiger partial charge on any atom is -0.478 e. The monoisotopic (exact) mass is 324 g/mol. The molecule has 0 saturated heterocycles. The third-order valence-electron chi connectivity index (χ3n) is 3.09. The molecule has 0 aliphatic rings. The summed E-state index contributed by atoms with van der Waals surface area (Å²) in [6.07, 6.45) is -0.770. The van der Waals surface area contributed by atoms with Crippen LogP contribution in [0.2, 0.25) is 10.0 Å².